The number of hydrogen-bond donors (Lipinski definition) is 3. The maximum Gasteiger partial charge on any atom is 0.142 e. The molecule has 0 spiro atoms. The van der Waals surface area contributed by atoms with Gasteiger partial charge in [0.1, 0.15) is 5.75 Å². The van der Waals surface area contributed by atoms with Gasteiger partial charge >= 0.3 is 0 Å². The van der Waals surface area contributed by atoms with Crippen LogP contribution >= 0.6 is 67.8 Å². The molecule has 6 heteroatoms. The highest BCUT2D eigenvalue weighted by atomic mass is 127. The Balaban J connectivity index is 3.36. The molecule has 0 aromatic heterocycles. The molecule has 1 rings (SSSR count). The quantitative estimate of drug-likeness (QED) is 0.514. The van der Waals surface area contributed by atoms with Crippen molar-refractivity contribution in [3.63, 3.8) is 0 Å². The fourth-order valence-electron chi connectivity index (χ4n) is 1.03. The molecule has 0 aliphatic rings. The van der Waals surface area contributed by atoms with Crippen molar-refractivity contribution in [3.8, 4) is 5.75 Å². The molecule has 78 valence electrons. The standard InChI is InChI=1S/C8H8I3NO2/c9-3-1-4(10)8(14)7(11)6(3)5(12)2-13/h1,5,13-14H,2,12H2/t5-/m1/s1. The summed E-state index contributed by atoms with van der Waals surface area (Å²) < 4.78 is 2.49. The van der Waals surface area contributed by atoms with E-state index in [1.165, 1.54) is 0 Å². The highest BCUT2D eigenvalue weighted by Crippen LogP contribution is 2.34. The smallest absolute Gasteiger partial charge is 0.142 e. The van der Waals surface area contributed by atoms with Crippen molar-refractivity contribution in [2.75, 3.05) is 6.61 Å². The number of hydrogen-bond acceptors (Lipinski definition) is 3. The van der Waals surface area contributed by atoms with Gasteiger partial charge in [-0.2, -0.15) is 0 Å². The third-order valence-corrected chi connectivity index (χ3v) is 4.56. The molecular formula is C8H8I3NO2. The first-order valence-electron chi connectivity index (χ1n) is 3.71. The molecule has 1 aromatic rings. The Morgan fingerprint density at radius 1 is 1.29 bits per heavy atom. The van der Waals surface area contributed by atoms with Crippen molar-refractivity contribution in [3.05, 3.63) is 22.3 Å². The van der Waals surface area contributed by atoms with Crippen molar-refractivity contribution in [2.24, 2.45) is 5.73 Å². The van der Waals surface area contributed by atoms with Crippen LogP contribution in [0, 0.1) is 10.7 Å². The molecule has 0 fully saturated rings. The van der Waals surface area contributed by atoms with Crippen LogP contribution in [0.3, 0.4) is 0 Å². The van der Waals surface area contributed by atoms with Gasteiger partial charge in [0.25, 0.3) is 0 Å². The largest absolute Gasteiger partial charge is 0.506 e. The zero-order chi connectivity index (χ0) is 10.9. The van der Waals surface area contributed by atoms with Gasteiger partial charge in [-0.3, -0.25) is 0 Å². The van der Waals surface area contributed by atoms with Gasteiger partial charge in [0, 0.05) is 9.13 Å². The summed E-state index contributed by atoms with van der Waals surface area (Å²) in [5.41, 5.74) is 6.55. The predicted octanol–water partition coefficient (Wildman–Crippen LogP) is 2.20. The Bertz CT molecular complexity index is 357. The van der Waals surface area contributed by atoms with E-state index in [4.69, 9.17) is 10.8 Å². The average molecular weight is 531 g/mol. The van der Waals surface area contributed by atoms with Crippen LogP contribution in [0.5, 0.6) is 5.75 Å². The maximum atomic E-state index is 9.70. The summed E-state index contributed by atoms with van der Waals surface area (Å²) in [6.45, 7) is -0.119. The fraction of sp³-hybridized carbons (Fsp3) is 0.250. The van der Waals surface area contributed by atoms with Crippen LogP contribution in [0.2, 0.25) is 0 Å². The average Bonchev–Trinajstić information content (AvgIpc) is 2.14. The Kier molecular flexibility index (Phi) is 5.14. The molecule has 14 heavy (non-hydrogen) atoms. The molecule has 0 unspecified atom stereocenters. The minimum absolute atomic E-state index is 0.119. The van der Waals surface area contributed by atoms with Gasteiger partial charge in [0.05, 0.1) is 19.8 Å². The van der Waals surface area contributed by atoms with Gasteiger partial charge in [0.15, 0.2) is 0 Å². The first-order chi connectivity index (χ1) is 6.49. The molecule has 0 radical (unpaired) electrons. The second-order valence-corrected chi connectivity index (χ2v) is 6.11. The van der Waals surface area contributed by atoms with E-state index in [0.717, 1.165) is 16.3 Å². The third-order valence-electron chi connectivity index (χ3n) is 1.75. The Hall–Kier alpha value is 1.13. The van der Waals surface area contributed by atoms with E-state index in [0.29, 0.717) is 0 Å². The molecule has 0 aliphatic heterocycles. The number of aromatic hydroxyl groups is 1. The molecular weight excluding hydrogens is 523 g/mol. The van der Waals surface area contributed by atoms with E-state index in [2.05, 4.69) is 45.2 Å². The van der Waals surface area contributed by atoms with Gasteiger partial charge in [-0.15, -0.1) is 0 Å². The third kappa shape index (κ3) is 2.62. The summed E-state index contributed by atoms with van der Waals surface area (Å²) >= 11 is 6.26. The molecule has 3 nitrogen and oxygen atoms in total. The number of phenolic OH excluding ortho intramolecular Hbond substituents is 1. The lowest BCUT2D eigenvalue weighted by atomic mass is 10.1. The lowest BCUT2D eigenvalue weighted by Crippen LogP contribution is -2.17. The topological polar surface area (TPSA) is 66.5 Å². The van der Waals surface area contributed by atoms with Crippen LogP contribution in [0.1, 0.15) is 11.6 Å². The van der Waals surface area contributed by atoms with Crippen molar-refractivity contribution in [2.45, 2.75) is 6.04 Å². The minimum Gasteiger partial charge on any atom is -0.506 e. The lowest BCUT2D eigenvalue weighted by molar-refractivity contribution is 0.267. The summed E-state index contributed by atoms with van der Waals surface area (Å²) in [5.74, 6) is 0.241. The van der Waals surface area contributed by atoms with Gasteiger partial charge in [0.2, 0.25) is 0 Å². The Morgan fingerprint density at radius 2 is 1.86 bits per heavy atom. The molecule has 0 saturated carbocycles. The van der Waals surface area contributed by atoms with E-state index >= 15 is 0 Å². The number of halogens is 3. The van der Waals surface area contributed by atoms with Crippen LogP contribution in [0.15, 0.2) is 6.07 Å². The van der Waals surface area contributed by atoms with E-state index in [1.807, 2.05) is 28.7 Å². The fourth-order valence-corrected chi connectivity index (χ4v) is 5.20. The zero-order valence-corrected chi connectivity index (χ0v) is 13.4. The predicted molar refractivity (Wildman–Crippen MR) is 80.3 cm³/mol. The lowest BCUT2D eigenvalue weighted by Gasteiger charge is -2.15. The van der Waals surface area contributed by atoms with Gasteiger partial charge in [-0.1, -0.05) is 0 Å². The minimum atomic E-state index is -0.434. The monoisotopic (exact) mass is 531 g/mol. The number of nitrogens with two attached hydrogens (primary N) is 1. The molecule has 0 aliphatic carbocycles. The normalized spacial score (nSPS) is 12.9. The number of phenols is 1. The molecule has 0 amide bonds. The summed E-state index contributed by atoms with van der Waals surface area (Å²) in [4.78, 5) is 0. The van der Waals surface area contributed by atoms with Crippen LogP contribution < -0.4 is 5.73 Å². The summed E-state index contributed by atoms with van der Waals surface area (Å²) in [6, 6.07) is 1.42. The van der Waals surface area contributed by atoms with Crippen molar-refractivity contribution < 1.29 is 10.2 Å². The van der Waals surface area contributed by atoms with Crippen molar-refractivity contribution >= 4 is 67.8 Å². The first kappa shape index (κ1) is 13.2. The number of rotatable bonds is 2. The number of aliphatic hydroxyl groups excluding tert-OH is 1. The first-order valence-corrected chi connectivity index (χ1v) is 6.95. The van der Waals surface area contributed by atoms with Crippen LogP contribution in [0.4, 0.5) is 0 Å². The van der Waals surface area contributed by atoms with Crippen molar-refractivity contribution in [1.29, 1.82) is 0 Å². The molecule has 0 bridgehead atoms. The molecule has 4 N–H and O–H groups in total. The van der Waals surface area contributed by atoms with Crippen molar-refractivity contribution in [1.82, 2.24) is 0 Å². The van der Waals surface area contributed by atoms with Gasteiger partial charge in [-0.25, -0.2) is 0 Å². The van der Waals surface area contributed by atoms with Crippen LogP contribution in [0.25, 0.3) is 0 Å². The second-order valence-electron chi connectivity index (χ2n) is 2.71. The molecule has 1 aromatic carbocycles. The van der Waals surface area contributed by atoms with E-state index < -0.39 is 6.04 Å². The van der Waals surface area contributed by atoms with Gasteiger partial charge in [-0.05, 0) is 73.8 Å². The second kappa shape index (κ2) is 5.46. The Labute approximate surface area is 123 Å². The Morgan fingerprint density at radius 3 is 2.36 bits per heavy atom. The summed E-state index contributed by atoms with van der Waals surface area (Å²) in [5, 5.41) is 18.7. The summed E-state index contributed by atoms with van der Waals surface area (Å²) in [6.07, 6.45) is 0. The maximum absolute atomic E-state index is 9.70. The molecule has 0 saturated heterocycles. The SMILES string of the molecule is N[C@H](CO)c1c(I)cc(I)c(O)c1I. The zero-order valence-electron chi connectivity index (χ0n) is 6.97. The molecule has 0 heterocycles. The van der Waals surface area contributed by atoms with E-state index in [1.54, 1.807) is 0 Å². The number of benzene rings is 1. The van der Waals surface area contributed by atoms with Crippen LogP contribution in [-0.2, 0) is 0 Å². The highest BCUT2D eigenvalue weighted by molar-refractivity contribution is 14.1. The van der Waals surface area contributed by atoms with E-state index in [9.17, 15) is 5.11 Å². The highest BCUT2D eigenvalue weighted by Gasteiger charge is 2.17. The number of aliphatic hydroxyl groups is 1. The van der Waals surface area contributed by atoms with Gasteiger partial charge < -0.3 is 15.9 Å². The molecule has 1 atom stereocenters. The van der Waals surface area contributed by atoms with E-state index in [-0.39, 0.29) is 12.4 Å². The van der Waals surface area contributed by atoms with Crippen LogP contribution in [-0.4, -0.2) is 16.8 Å². The summed E-state index contributed by atoms with van der Waals surface area (Å²) in [7, 11) is 0.